The maximum Gasteiger partial charge on any atom is 0.277 e. The molecule has 1 aliphatic heterocycles. The molecule has 1 saturated heterocycles. The minimum atomic E-state index is -2.92. The number of anilines is 1. The van der Waals surface area contributed by atoms with Gasteiger partial charge in [-0.2, -0.15) is 0 Å². The summed E-state index contributed by atoms with van der Waals surface area (Å²) in [7, 11) is -2.92. The fourth-order valence-corrected chi connectivity index (χ4v) is 5.81. The fraction of sp³-hybridized carbons (Fsp3) is 0.526. The molecular weight excluding hydrogens is 398 g/mol. The molecule has 0 bridgehead atoms. The number of rotatable bonds is 8. The SMILES string of the molecule is CCc1cccc(CC)c1NC(=O)CSc1nnc(C[C@@H]2CCS(=O)(=O)C2)o1. The molecular formula is C19H25N3O4S2. The molecule has 0 unspecified atom stereocenters. The van der Waals surface area contributed by atoms with Crippen molar-refractivity contribution in [1.82, 2.24) is 10.2 Å². The van der Waals surface area contributed by atoms with Crippen LogP contribution in [0.4, 0.5) is 5.69 Å². The Labute approximate surface area is 169 Å². The molecule has 0 spiro atoms. The van der Waals surface area contributed by atoms with Crippen LogP contribution < -0.4 is 5.32 Å². The molecule has 0 saturated carbocycles. The number of nitrogens with zero attached hydrogens (tertiary/aromatic N) is 2. The van der Waals surface area contributed by atoms with E-state index in [0.717, 1.165) is 29.7 Å². The first-order valence-electron chi connectivity index (χ1n) is 9.46. The van der Waals surface area contributed by atoms with Crippen LogP contribution in [-0.4, -0.2) is 41.8 Å². The Balaban J connectivity index is 1.54. The molecule has 28 heavy (non-hydrogen) atoms. The van der Waals surface area contributed by atoms with Crippen molar-refractivity contribution >= 4 is 33.2 Å². The molecule has 0 aliphatic carbocycles. The molecule has 2 aromatic rings. The molecule has 0 radical (unpaired) electrons. The van der Waals surface area contributed by atoms with Gasteiger partial charge in [-0.1, -0.05) is 43.8 Å². The monoisotopic (exact) mass is 423 g/mol. The molecule has 1 aromatic heterocycles. The van der Waals surface area contributed by atoms with Crippen LogP contribution >= 0.6 is 11.8 Å². The summed E-state index contributed by atoms with van der Waals surface area (Å²) in [5, 5.41) is 11.3. The molecule has 1 N–H and O–H groups in total. The second kappa shape index (κ2) is 9.09. The molecule has 152 valence electrons. The summed E-state index contributed by atoms with van der Waals surface area (Å²) < 4.78 is 28.7. The van der Waals surface area contributed by atoms with E-state index in [2.05, 4.69) is 29.4 Å². The van der Waals surface area contributed by atoms with Crippen LogP contribution in [0.2, 0.25) is 0 Å². The number of hydrogen-bond donors (Lipinski definition) is 1. The number of aryl methyl sites for hydroxylation is 2. The van der Waals surface area contributed by atoms with Crippen LogP contribution in [-0.2, 0) is 33.9 Å². The normalized spacial score (nSPS) is 18.3. The number of carbonyl (C=O) groups excluding carboxylic acids is 1. The van der Waals surface area contributed by atoms with E-state index in [1.807, 2.05) is 18.2 Å². The minimum Gasteiger partial charge on any atom is -0.416 e. The first-order chi connectivity index (χ1) is 13.4. The number of amides is 1. The number of hydrogen-bond acceptors (Lipinski definition) is 7. The molecule has 1 atom stereocenters. The Morgan fingerprint density at radius 3 is 2.57 bits per heavy atom. The quantitative estimate of drug-likeness (QED) is 0.651. The summed E-state index contributed by atoms with van der Waals surface area (Å²) in [6.07, 6.45) is 2.79. The lowest BCUT2D eigenvalue weighted by molar-refractivity contribution is -0.113. The number of nitrogens with one attached hydrogen (secondary N) is 1. The zero-order chi connectivity index (χ0) is 20.1. The Hall–Kier alpha value is -1.87. The third-order valence-electron chi connectivity index (χ3n) is 4.83. The van der Waals surface area contributed by atoms with Crippen LogP contribution in [0.3, 0.4) is 0 Å². The lowest BCUT2D eigenvalue weighted by atomic mass is 10.0. The van der Waals surface area contributed by atoms with Gasteiger partial charge < -0.3 is 9.73 Å². The van der Waals surface area contributed by atoms with Gasteiger partial charge in [0.05, 0.1) is 17.3 Å². The van der Waals surface area contributed by atoms with Crippen LogP contribution in [0.1, 0.15) is 37.3 Å². The number of sulfone groups is 1. The van der Waals surface area contributed by atoms with E-state index in [9.17, 15) is 13.2 Å². The van der Waals surface area contributed by atoms with Gasteiger partial charge in [-0.15, -0.1) is 10.2 Å². The van der Waals surface area contributed by atoms with Gasteiger partial charge >= 0.3 is 0 Å². The Kier molecular flexibility index (Phi) is 6.77. The highest BCUT2D eigenvalue weighted by molar-refractivity contribution is 7.99. The molecule has 1 amide bonds. The van der Waals surface area contributed by atoms with E-state index in [-0.39, 0.29) is 29.1 Å². The summed E-state index contributed by atoms with van der Waals surface area (Å²) >= 11 is 1.18. The number of thioether (sulfide) groups is 1. The standard InChI is InChI=1S/C19H25N3O4S2/c1-3-14-6-5-7-15(4-2)18(14)20-16(23)11-27-19-22-21-17(26-19)10-13-8-9-28(24,25)12-13/h5-7,13H,3-4,8-12H2,1-2H3,(H,20,23)/t13-/m0/s1. The molecule has 1 aliphatic rings. The summed E-state index contributed by atoms with van der Waals surface area (Å²) in [6, 6.07) is 6.06. The summed E-state index contributed by atoms with van der Waals surface area (Å²) in [5.41, 5.74) is 3.13. The average Bonchev–Trinajstić information content (AvgIpc) is 3.26. The van der Waals surface area contributed by atoms with Crippen molar-refractivity contribution in [2.24, 2.45) is 5.92 Å². The molecule has 9 heteroatoms. The number of carbonyl (C=O) groups is 1. The zero-order valence-corrected chi connectivity index (χ0v) is 17.7. The van der Waals surface area contributed by atoms with Gasteiger partial charge in [0.1, 0.15) is 0 Å². The van der Waals surface area contributed by atoms with E-state index >= 15 is 0 Å². The topological polar surface area (TPSA) is 102 Å². The fourth-order valence-electron chi connectivity index (χ4n) is 3.36. The zero-order valence-electron chi connectivity index (χ0n) is 16.1. The average molecular weight is 424 g/mol. The van der Waals surface area contributed by atoms with Crippen molar-refractivity contribution in [1.29, 1.82) is 0 Å². The van der Waals surface area contributed by atoms with E-state index in [4.69, 9.17) is 4.42 Å². The maximum atomic E-state index is 12.4. The van der Waals surface area contributed by atoms with Gasteiger partial charge in [0.15, 0.2) is 9.84 Å². The summed E-state index contributed by atoms with van der Waals surface area (Å²) in [6.45, 7) is 4.13. The highest BCUT2D eigenvalue weighted by Gasteiger charge is 2.29. The number of aromatic nitrogens is 2. The second-order valence-electron chi connectivity index (χ2n) is 6.93. The Morgan fingerprint density at radius 1 is 1.25 bits per heavy atom. The Morgan fingerprint density at radius 2 is 1.96 bits per heavy atom. The van der Waals surface area contributed by atoms with Gasteiger partial charge in [0.25, 0.3) is 5.22 Å². The molecule has 1 aromatic carbocycles. The smallest absolute Gasteiger partial charge is 0.277 e. The third-order valence-corrected chi connectivity index (χ3v) is 7.48. The minimum absolute atomic E-state index is 0.0320. The number of para-hydroxylation sites is 1. The number of benzene rings is 1. The van der Waals surface area contributed by atoms with Crippen molar-refractivity contribution in [2.75, 3.05) is 22.6 Å². The lowest BCUT2D eigenvalue weighted by Gasteiger charge is -2.14. The molecule has 7 nitrogen and oxygen atoms in total. The largest absolute Gasteiger partial charge is 0.416 e. The van der Waals surface area contributed by atoms with Crippen molar-refractivity contribution in [3.8, 4) is 0 Å². The van der Waals surface area contributed by atoms with E-state index in [0.29, 0.717) is 24.0 Å². The van der Waals surface area contributed by atoms with Crippen LogP contribution in [0.15, 0.2) is 27.8 Å². The highest BCUT2D eigenvalue weighted by Crippen LogP contribution is 2.25. The first-order valence-corrected chi connectivity index (χ1v) is 12.3. The summed E-state index contributed by atoms with van der Waals surface area (Å²) in [4.78, 5) is 12.4. The third kappa shape index (κ3) is 5.35. The van der Waals surface area contributed by atoms with Crippen molar-refractivity contribution < 1.29 is 17.6 Å². The molecule has 2 heterocycles. The highest BCUT2D eigenvalue weighted by atomic mass is 32.2. The Bertz CT molecular complexity index is 918. The van der Waals surface area contributed by atoms with E-state index < -0.39 is 9.84 Å². The lowest BCUT2D eigenvalue weighted by Crippen LogP contribution is -2.16. The molecule has 3 rings (SSSR count). The van der Waals surface area contributed by atoms with Crippen molar-refractivity contribution in [3.63, 3.8) is 0 Å². The van der Waals surface area contributed by atoms with E-state index in [1.165, 1.54) is 11.8 Å². The first kappa shape index (κ1) is 20.9. The predicted molar refractivity (Wildman–Crippen MR) is 109 cm³/mol. The van der Waals surface area contributed by atoms with Crippen LogP contribution in [0, 0.1) is 5.92 Å². The van der Waals surface area contributed by atoms with Crippen molar-refractivity contribution in [3.05, 3.63) is 35.2 Å². The van der Waals surface area contributed by atoms with Gasteiger partial charge in [0.2, 0.25) is 11.8 Å². The van der Waals surface area contributed by atoms with Gasteiger partial charge in [0, 0.05) is 12.1 Å². The second-order valence-corrected chi connectivity index (χ2v) is 10.1. The van der Waals surface area contributed by atoms with Gasteiger partial charge in [-0.3, -0.25) is 4.79 Å². The van der Waals surface area contributed by atoms with Gasteiger partial charge in [-0.25, -0.2) is 8.42 Å². The summed E-state index contributed by atoms with van der Waals surface area (Å²) in [5.74, 6) is 0.908. The van der Waals surface area contributed by atoms with Crippen LogP contribution in [0.25, 0.3) is 0 Å². The van der Waals surface area contributed by atoms with Crippen LogP contribution in [0.5, 0.6) is 0 Å². The molecule has 1 fully saturated rings. The predicted octanol–water partition coefficient (Wildman–Crippen LogP) is 2.90. The maximum absolute atomic E-state index is 12.4. The van der Waals surface area contributed by atoms with Gasteiger partial charge in [-0.05, 0) is 36.3 Å². The van der Waals surface area contributed by atoms with E-state index in [1.54, 1.807) is 0 Å². The van der Waals surface area contributed by atoms with Crippen molar-refractivity contribution in [2.45, 2.75) is 44.8 Å².